The molecule has 0 aliphatic carbocycles. The fraction of sp³-hybridized carbons (Fsp3) is 0.111. The van der Waals surface area contributed by atoms with Gasteiger partial charge in [-0.1, -0.05) is 6.08 Å². The van der Waals surface area contributed by atoms with Gasteiger partial charge in [-0.25, -0.2) is 4.98 Å². The van der Waals surface area contributed by atoms with Crippen LogP contribution in [0.25, 0.3) is 10.9 Å². The van der Waals surface area contributed by atoms with E-state index in [1.54, 1.807) is 93.4 Å². The summed E-state index contributed by atoms with van der Waals surface area (Å²) in [5.74, 6) is 1.51. The second kappa shape index (κ2) is 11.6. The SMILES string of the molecule is COC/C=C/C(=O)Nc1ccc2nccc(Oc3ccc(C(=O)Nc4cc(OC)ccn4)cc3)c2c1. The van der Waals surface area contributed by atoms with E-state index in [0.29, 0.717) is 46.4 Å². The van der Waals surface area contributed by atoms with Gasteiger partial charge in [0.05, 0.1) is 19.2 Å². The van der Waals surface area contributed by atoms with Crippen LogP contribution in [-0.4, -0.2) is 42.6 Å². The first kappa shape index (κ1) is 24.4. The molecule has 2 aromatic carbocycles. The molecule has 0 spiro atoms. The Morgan fingerprint density at radius 2 is 1.69 bits per heavy atom. The van der Waals surface area contributed by atoms with E-state index in [1.165, 1.54) is 6.08 Å². The number of hydrogen-bond acceptors (Lipinski definition) is 7. The number of pyridine rings is 2. The smallest absolute Gasteiger partial charge is 0.256 e. The molecular weight excluding hydrogens is 460 g/mol. The Bertz CT molecular complexity index is 1400. The number of anilines is 2. The number of benzene rings is 2. The van der Waals surface area contributed by atoms with E-state index in [-0.39, 0.29) is 11.8 Å². The molecule has 182 valence electrons. The number of methoxy groups -OCH3 is 2. The molecule has 2 N–H and O–H groups in total. The third-order valence-electron chi connectivity index (χ3n) is 5.05. The summed E-state index contributed by atoms with van der Waals surface area (Å²) in [4.78, 5) is 33.2. The van der Waals surface area contributed by atoms with E-state index in [0.717, 1.165) is 5.39 Å². The van der Waals surface area contributed by atoms with Crippen molar-refractivity contribution in [2.75, 3.05) is 31.5 Å². The van der Waals surface area contributed by atoms with E-state index in [9.17, 15) is 9.59 Å². The van der Waals surface area contributed by atoms with Crippen LogP contribution in [0.15, 0.2) is 85.2 Å². The van der Waals surface area contributed by atoms with E-state index in [1.807, 2.05) is 0 Å². The van der Waals surface area contributed by atoms with Gasteiger partial charge in [0, 0.05) is 48.3 Å². The zero-order valence-electron chi connectivity index (χ0n) is 19.7. The molecule has 2 aromatic heterocycles. The van der Waals surface area contributed by atoms with Gasteiger partial charge < -0.3 is 24.8 Å². The molecule has 0 aliphatic heterocycles. The van der Waals surface area contributed by atoms with Crippen LogP contribution in [0.4, 0.5) is 11.5 Å². The maximum atomic E-state index is 12.6. The summed E-state index contributed by atoms with van der Waals surface area (Å²) >= 11 is 0. The molecule has 0 unspecified atom stereocenters. The monoisotopic (exact) mass is 484 g/mol. The van der Waals surface area contributed by atoms with Crippen molar-refractivity contribution in [1.29, 1.82) is 0 Å². The Balaban J connectivity index is 1.47. The molecule has 4 rings (SSSR count). The Labute approximate surface area is 207 Å². The van der Waals surface area contributed by atoms with Gasteiger partial charge in [0.1, 0.15) is 23.1 Å². The number of fused-ring (bicyclic) bond motifs is 1. The molecule has 36 heavy (non-hydrogen) atoms. The van der Waals surface area contributed by atoms with Crippen LogP contribution in [0.5, 0.6) is 17.2 Å². The van der Waals surface area contributed by atoms with Crippen LogP contribution in [0.3, 0.4) is 0 Å². The normalized spacial score (nSPS) is 10.8. The zero-order valence-corrected chi connectivity index (χ0v) is 19.7. The number of carbonyl (C=O) groups excluding carboxylic acids is 2. The predicted molar refractivity (Wildman–Crippen MR) is 137 cm³/mol. The number of aromatic nitrogens is 2. The Morgan fingerprint density at radius 1 is 0.889 bits per heavy atom. The van der Waals surface area contributed by atoms with Gasteiger partial charge in [-0.15, -0.1) is 0 Å². The van der Waals surface area contributed by atoms with Gasteiger partial charge >= 0.3 is 0 Å². The van der Waals surface area contributed by atoms with Gasteiger partial charge in [0.15, 0.2) is 0 Å². The number of amides is 2. The minimum Gasteiger partial charge on any atom is -0.497 e. The number of carbonyl (C=O) groups is 2. The van der Waals surface area contributed by atoms with Crippen LogP contribution < -0.4 is 20.1 Å². The molecule has 0 aliphatic rings. The molecule has 9 nitrogen and oxygen atoms in total. The molecule has 0 radical (unpaired) electrons. The average Bonchev–Trinajstić information content (AvgIpc) is 2.89. The van der Waals surface area contributed by atoms with Crippen LogP contribution >= 0.6 is 0 Å². The van der Waals surface area contributed by atoms with E-state index in [4.69, 9.17) is 14.2 Å². The van der Waals surface area contributed by atoms with Gasteiger partial charge in [0.25, 0.3) is 5.91 Å². The fourth-order valence-electron chi connectivity index (χ4n) is 3.32. The minimum absolute atomic E-state index is 0.268. The molecule has 2 heterocycles. The number of nitrogens with one attached hydrogen (secondary N) is 2. The van der Waals surface area contributed by atoms with Crippen molar-refractivity contribution >= 4 is 34.2 Å². The summed E-state index contributed by atoms with van der Waals surface area (Å²) in [5.41, 5.74) is 1.76. The zero-order chi connectivity index (χ0) is 25.3. The summed E-state index contributed by atoms with van der Waals surface area (Å²) in [6.45, 7) is 0.353. The van der Waals surface area contributed by atoms with Gasteiger partial charge in [-0.2, -0.15) is 0 Å². The standard InChI is InChI=1S/C27H24N4O5/c1-34-15-3-4-26(32)30-19-7-10-23-22(16-19)24(12-14-28-23)36-20-8-5-18(6-9-20)27(33)31-25-17-21(35-2)11-13-29-25/h3-14,16-17H,15H2,1-2H3,(H,30,32)(H,29,31,33)/b4-3+. The first-order chi connectivity index (χ1) is 17.6. The fourth-order valence-corrected chi connectivity index (χ4v) is 3.32. The van der Waals surface area contributed by atoms with Crippen molar-refractivity contribution in [2.24, 2.45) is 0 Å². The van der Waals surface area contributed by atoms with Crippen LogP contribution in [0, 0.1) is 0 Å². The largest absolute Gasteiger partial charge is 0.497 e. The summed E-state index contributed by atoms with van der Waals surface area (Å²) in [6.07, 6.45) is 6.24. The number of hydrogen-bond donors (Lipinski definition) is 2. The van der Waals surface area contributed by atoms with Crippen molar-refractivity contribution in [1.82, 2.24) is 9.97 Å². The van der Waals surface area contributed by atoms with E-state index < -0.39 is 0 Å². The van der Waals surface area contributed by atoms with Crippen molar-refractivity contribution in [3.63, 3.8) is 0 Å². The van der Waals surface area contributed by atoms with Gasteiger partial charge in [0.2, 0.25) is 5.91 Å². The van der Waals surface area contributed by atoms with Gasteiger partial charge in [-0.05, 0) is 54.6 Å². The molecule has 0 saturated heterocycles. The third-order valence-corrected chi connectivity index (χ3v) is 5.05. The highest BCUT2D eigenvalue weighted by Gasteiger charge is 2.10. The van der Waals surface area contributed by atoms with Crippen LogP contribution in [0.1, 0.15) is 10.4 Å². The van der Waals surface area contributed by atoms with E-state index >= 15 is 0 Å². The lowest BCUT2D eigenvalue weighted by atomic mass is 10.1. The second-order valence-electron chi connectivity index (χ2n) is 7.55. The molecule has 0 saturated carbocycles. The maximum absolute atomic E-state index is 12.6. The number of nitrogens with zero attached hydrogens (tertiary/aromatic N) is 2. The van der Waals surface area contributed by atoms with Crippen molar-refractivity contribution in [3.8, 4) is 17.2 Å². The molecule has 0 atom stereocenters. The highest BCUT2D eigenvalue weighted by atomic mass is 16.5. The van der Waals surface area contributed by atoms with Crippen molar-refractivity contribution < 1.29 is 23.8 Å². The topological polar surface area (TPSA) is 112 Å². The summed E-state index contributed by atoms with van der Waals surface area (Å²) < 4.78 is 16.1. The summed E-state index contributed by atoms with van der Waals surface area (Å²) in [5, 5.41) is 6.27. The van der Waals surface area contributed by atoms with Crippen LogP contribution in [0.2, 0.25) is 0 Å². The van der Waals surface area contributed by atoms with Crippen molar-refractivity contribution in [2.45, 2.75) is 0 Å². The number of ether oxygens (including phenoxy) is 3. The van der Waals surface area contributed by atoms with E-state index in [2.05, 4.69) is 20.6 Å². The number of rotatable bonds is 9. The summed E-state index contributed by atoms with van der Waals surface area (Å²) in [7, 11) is 3.10. The first-order valence-corrected chi connectivity index (χ1v) is 11.0. The Morgan fingerprint density at radius 3 is 2.47 bits per heavy atom. The average molecular weight is 485 g/mol. The molecule has 2 amide bonds. The molecule has 0 bridgehead atoms. The van der Waals surface area contributed by atoms with Gasteiger partial charge in [-0.3, -0.25) is 14.6 Å². The Hall–Kier alpha value is -4.76. The summed E-state index contributed by atoms with van der Waals surface area (Å²) in [6, 6.07) is 17.2. The lowest BCUT2D eigenvalue weighted by molar-refractivity contribution is -0.111. The molecule has 0 fully saturated rings. The van der Waals surface area contributed by atoms with Crippen molar-refractivity contribution in [3.05, 3.63) is 90.8 Å². The first-order valence-electron chi connectivity index (χ1n) is 11.0. The quantitative estimate of drug-likeness (QED) is 0.328. The third kappa shape index (κ3) is 6.22. The Kier molecular flexibility index (Phi) is 7.84. The maximum Gasteiger partial charge on any atom is 0.256 e. The lowest BCUT2D eigenvalue weighted by Gasteiger charge is -2.11. The lowest BCUT2D eigenvalue weighted by Crippen LogP contribution is -2.12. The van der Waals surface area contributed by atoms with Crippen LogP contribution in [-0.2, 0) is 9.53 Å². The molecular formula is C27H24N4O5. The predicted octanol–water partition coefficient (Wildman–Crippen LogP) is 4.82. The second-order valence-corrected chi connectivity index (χ2v) is 7.55. The highest BCUT2D eigenvalue weighted by Crippen LogP contribution is 2.31. The minimum atomic E-state index is -0.309. The molecule has 9 heteroatoms. The molecule has 4 aromatic rings. The highest BCUT2D eigenvalue weighted by molar-refractivity contribution is 6.04.